The van der Waals surface area contributed by atoms with Crippen LogP contribution in [-0.2, 0) is 6.42 Å². The lowest BCUT2D eigenvalue weighted by Gasteiger charge is -2.18. The lowest BCUT2D eigenvalue weighted by molar-refractivity contribution is 0.0988. The van der Waals surface area contributed by atoms with Crippen molar-refractivity contribution in [2.45, 2.75) is 19.3 Å². The number of benzene rings is 3. The Morgan fingerprint density at radius 2 is 1.59 bits per heavy atom. The molecule has 0 spiro atoms. The lowest BCUT2D eigenvalue weighted by atomic mass is 9.97. The van der Waals surface area contributed by atoms with E-state index in [1.165, 1.54) is 18.2 Å². The molecule has 0 bridgehead atoms. The highest BCUT2D eigenvalue weighted by molar-refractivity contribution is 6.31. The van der Waals surface area contributed by atoms with Crippen LogP contribution in [0.5, 0.6) is 0 Å². The van der Waals surface area contributed by atoms with Crippen molar-refractivity contribution in [3.8, 4) is 0 Å². The number of nitrogens with zero attached hydrogens (tertiary/aromatic N) is 1. The molecule has 0 aromatic heterocycles. The summed E-state index contributed by atoms with van der Waals surface area (Å²) < 4.78 is 14.8. The van der Waals surface area contributed by atoms with Crippen molar-refractivity contribution < 1.29 is 14.0 Å². The molecule has 1 amide bonds. The molecule has 1 aliphatic heterocycles. The van der Waals surface area contributed by atoms with Crippen molar-refractivity contribution >= 4 is 46.4 Å². The van der Waals surface area contributed by atoms with Gasteiger partial charge in [0.15, 0.2) is 5.78 Å². The molecule has 174 valence electrons. The Bertz CT molecular complexity index is 1260. The van der Waals surface area contributed by atoms with Crippen LogP contribution >= 0.6 is 23.2 Å². The number of hydrogen-bond acceptors (Lipinski definition) is 3. The Labute approximate surface area is 207 Å². The van der Waals surface area contributed by atoms with Crippen LogP contribution in [0.1, 0.15) is 44.7 Å². The predicted octanol–water partition coefficient (Wildman–Crippen LogP) is 6.23. The van der Waals surface area contributed by atoms with Gasteiger partial charge in [-0.1, -0.05) is 35.3 Å². The number of rotatable bonds is 6. The van der Waals surface area contributed by atoms with Crippen LogP contribution in [0.3, 0.4) is 0 Å². The van der Waals surface area contributed by atoms with Gasteiger partial charge in [0.05, 0.1) is 5.56 Å². The molecule has 1 heterocycles. The van der Waals surface area contributed by atoms with Crippen molar-refractivity contribution in [3.05, 3.63) is 98.8 Å². The molecule has 1 saturated heterocycles. The summed E-state index contributed by atoms with van der Waals surface area (Å²) in [6, 6.07) is 15.5. The molecule has 2 N–H and O–H groups in total. The zero-order valence-corrected chi connectivity index (χ0v) is 19.7. The largest absolute Gasteiger partial charge is 0.357 e. The van der Waals surface area contributed by atoms with Gasteiger partial charge in [-0.05, 0) is 66.9 Å². The van der Waals surface area contributed by atoms with Gasteiger partial charge < -0.3 is 10.2 Å². The first-order valence-electron chi connectivity index (χ1n) is 10.8. The van der Waals surface area contributed by atoms with Crippen molar-refractivity contribution in [2.75, 3.05) is 18.4 Å². The number of nitrogens with one attached hydrogen (secondary N) is 2. The summed E-state index contributed by atoms with van der Waals surface area (Å²) in [5, 5.41) is 11.9. The van der Waals surface area contributed by atoms with E-state index in [2.05, 4.69) is 5.32 Å². The van der Waals surface area contributed by atoms with Gasteiger partial charge in [-0.2, -0.15) is 0 Å². The van der Waals surface area contributed by atoms with Crippen LogP contribution in [0.4, 0.5) is 10.1 Å². The standard InChI is InChI=1S/C26H22Cl2FN3O2/c27-18-6-8-20(9-7-18)31-26(34)22-15-19(28)5-3-16(22)14-24(33)21-10-4-17(13-23(21)29)25(30)32-11-1-2-12-32/h3-10,13,15,30H,1-2,11-12,14H2,(H,31,34). The third-order valence-electron chi connectivity index (χ3n) is 5.73. The van der Waals surface area contributed by atoms with Gasteiger partial charge in [0.1, 0.15) is 11.7 Å². The minimum atomic E-state index is -0.687. The molecular weight excluding hydrogens is 476 g/mol. The first kappa shape index (κ1) is 23.9. The molecule has 1 fully saturated rings. The molecular formula is C26H22Cl2FN3O2. The monoisotopic (exact) mass is 497 g/mol. The van der Waals surface area contributed by atoms with Gasteiger partial charge in [-0.25, -0.2) is 4.39 Å². The lowest BCUT2D eigenvalue weighted by Crippen LogP contribution is -2.27. The van der Waals surface area contributed by atoms with E-state index in [1.807, 2.05) is 4.90 Å². The highest BCUT2D eigenvalue weighted by Crippen LogP contribution is 2.22. The number of amidine groups is 1. The van der Waals surface area contributed by atoms with Crippen molar-refractivity contribution in [2.24, 2.45) is 0 Å². The normalized spacial score (nSPS) is 13.1. The third-order valence-corrected chi connectivity index (χ3v) is 6.22. The molecule has 0 saturated carbocycles. The van der Waals surface area contributed by atoms with Gasteiger partial charge >= 0.3 is 0 Å². The van der Waals surface area contributed by atoms with Crippen LogP contribution in [-0.4, -0.2) is 35.5 Å². The Morgan fingerprint density at radius 3 is 2.26 bits per heavy atom. The number of amides is 1. The molecule has 0 unspecified atom stereocenters. The van der Waals surface area contributed by atoms with Crippen LogP contribution in [0.25, 0.3) is 0 Å². The van der Waals surface area contributed by atoms with Crippen molar-refractivity contribution in [3.63, 3.8) is 0 Å². The first-order valence-corrected chi connectivity index (χ1v) is 11.6. The zero-order chi connectivity index (χ0) is 24.2. The van der Waals surface area contributed by atoms with Crippen molar-refractivity contribution in [1.82, 2.24) is 4.90 Å². The zero-order valence-electron chi connectivity index (χ0n) is 18.2. The molecule has 0 aliphatic carbocycles. The molecule has 0 atom stereocenters. The van der Waals surface area contributed by atoms with Crippen LogP contribution in [0.2, 0.25) is 10.0 Å². The van der Waals surface area contributed by atoms with Gasteiger partial charge in [-0.3, -0.25) is 15.0 Å². The van der Waals surface area contributed by atoms with Gasteiger partial charge in [-0.15, -0.1) is 0 Å². The summed E-state index contributed by atoms with van der Waals surface area (Å²) in [6.07, 6.45) is 1.84. The maximum atomic E-state index is 14.8. The summed E-state index contributed by atoms with van der Waals surface area (Å²) in [4.78, 5) is 27.7. The molecule has 8 heteroatoms. The van der Waals surface area contributed by atoms with Crippen LogP contribution in [0.15, 0.2) is 60.7 Å². The highest BCUT2D eigenvalue weighted by atomic mass is 35.5. The fraction of sp³-hybridized carbons (Fsp3) is 0.192. The second-order valence-electron chi connectivity index (χ2n) is 8.10. The fourth-order valence-corrected chi connectivity index (χ4v) is 4.22. The molecule has 5 nitrogen and oxygen atoms in total. The minimum absolute atomic E-state index is 0.0861. The Hall–Kier alpha value is -3.22. The number of likely N-dealkylation sites (tertiary alicyclic amines) is 1. The molecule has 3 aromatic rings. The van der Waals surface area contributed by atoms with Crippen LogP contribution in [0, 0.1) is 11.2 Å². The Morgan fingerprint density at radius 1 is 0.912 bits per heavy atom. The fourth-order valence-electron chi connectivity index (χ4n) is 3.93. The SMILES string of the molecule is N=C(c1ccc(C(=O)Cc2ccc(Cl)cc2C(=O)Nc2ccc(Cl)cc2)c(F)c1)N1CCCC1. The minimum Gasteiger partial charge on any atom is -0.357 e. The highest BCUT2D eigenvalue weighted by Gasteiger charge is 2.21. The second-order valence-corrected chi connectivity index (χ2v) is 8.97. The summed E-state index contributed by atoms with van der Waals surface area (Å²) >= 11 is 12.0. The maximum absolute atomic E-state index is 14.8. The number of anilines is 1. The van der Waals surface area contributed by atoms with E-state index in [1.54, 1.807) is 42.5 Å². The summed E-state index contributed by atoms with van der Waals surface area (Å²) in [6.45, 7) is 1.55. The number of hydrogen-bond donors (Lipinski definition) is 2. The molecule has 0 radical (unpaired) electrons. The number of carbonyl (C=O) groups excluding carboxylic acids is 2. The maximum Gasteiger partial charge on any atom is 0.256 e. The van der Waals surface area contributed by atoms with Gasteiger partial charge in [0.2, 0.25) is 0 Å². The van der Waals surface area contributed by atoms with E-state index in [0.717, 1.165) is 25.9 Å². The molecule has 4 rings (SSSR count). The van der Waals surface area contributed by atoms with Crippen LogP contribution < -0.4 is 5.32 Å². The average Bonchev–Trinajstić information content (AvgIpc) is 3.36. The van der Waals surface area contributed by atoms with Crippen molar-refractivity contribution in [1.29, 1.82) is 5.41 Å². The van der Waals surface area contributed by atoms with E-state index in [-0.39, 0.29) is 23.4 Å². The Balaban J connectivity index is 1.53. The summed E-state index contributed by atoms with van der Waals surface area (Å²) in [7, 11) is 0. The smallest absolute Gasteiger partial charge is 0.256 e. The number of carbonyl (C=O) groups is 2. The topological polar surface area (TPSA) is 73.3 Å². The third kappa shape index (κ3) is 5.46. The number of Topliss-reactive ketones (excluding diaryl/α,β-unsaturated/α-hetero) is 1. The van der Waals surface area contributed by atoms with Gasteiger partial charge in [0, 0.05) is 46.4 Å². The number of ketones is 1. The molecule has 34 heavy (non-hydrogen) atoms. The Kier molecular flexibility index (Phi) is 7.29. The van der Waals surface area contributed by atoms with Gasteiger partial charge in [0.25, 0.3) is 5.91 Å². The molecule has 1 aliphatic rings. The first-order chi connectivity index (χ1) is 16.3. The van der Waals surface area contributed by atoms with E-state index >= 15 is 0 Å². The number of halogens is 3. The van der Waals surface area contributed by atoms with E-state index in [0.29, 0.717) is 26.9 Å². The van der Waals surface area contributed by atoms with E-state index in [4.69, 9.17) is 28.6 Å². The average molecular weight is 498 g/mol. The molecule has 3 aromatic carbocycles. The van der Waals surface area contributed by atoms with E-state index < -0.39 is 17.5 Å². The summed E-state index contributed by atoms with van der Waals surface area (Å²) in [5.41, 5.74) is 1.54. The summed E-state index contributed by atoms with van der Waals surface area (Å²) in [5.74, 6) is -1.34. The predicted molar refractivity (Wildman–Crippen MR) is 133 cm³/mol. The quantitative estimate of drug-likeness (QED) is 0.240. The second kappa shape index (κ2) is 10.4. The van der Waals surface area contributed by atoms with E-state index in [9.17, 15) is 14.0 Å².